The van der Waals surface area contributed by atoms with Crippen LogP contribution in [0.2, 0.25) is 5.02 Å². The van der Waals surface area contributed by atoms with Crippen molar-refractivity contribution in [2.24, 2.45) is 5.84 Å². The summed E-state index contributed by atoms with van der Waals surface area (Å²) in [6.07, 6.45) is 6.69. The van der Waals surface area contributed by atoms with Gasteiger partial charge in [0.15, 0.2) is 0 Å². The maximum absolute atomic E-state index is 10.8. The van der Waals surface area contributed by atoms with Crippen LogP contribution in [-0.4, -0.2) is 15.7 Å². The first-order valence-corrected chi connectivity index (χ1v) is 5.27. The van der Waals surface area contributed by atoms with Gasteiger partial charge in [0, 0.05) is 19.2 Å². The van der Waals surface area contributed by atoms with Gasteiger partial charge in [-0.1, -0.05) is 18.0 Å². The topological polar surface area (TPSA) is 72.9 Å². The molecule has 0 saturated heterocycles. The molecule has 1 aromatic heterocycles. The van der Waals surface area contributed by atoms with Gasteiger partial charge in [-0.25, -0.2) is 5.84 Å². The van der Waals surface area contributed by atoms with Crippen molar-refractivity contribution in [2.75, 3.05) is 0 Å². The second-order valence-corrected chi connectivity index (χ2v) is 3.74. The number of hydrazine groups is 1. The second-order valence-electron chi connectivity index (χ2n) is 3.30. The number of unbranched alkanes of at least 4 members (excludes halogenated alkanes) is 2. The quantitative estimate of drug-likeness (QED) is 0.333. The molecule has 84 valence electrons. The van der Waals surface area contributed by atoms with Gasteiger partial charge in [-0.15, -0.1) is 0 Å². The summed E-state index contributed by atoms with van der Waals surface area (Å²) >= 11 is 5.71. The number of nitrogens with one attached hydrogen (secondary N) is 1. The summed E-state index contributed by atoms with van der Waals surface area (Å²) in [7, 11) is 0. The number of amides is 1. The molecule has 1 rings (SSSR count). The molecule has 1 amide bonds. The fourth-order valence-electron chi connectivity index (χ4n) is 1.27. The van der Waals surface area contributed by atoms with E-state index in [1.54, 1.807) is 17.1 Å². The average molecular weight is 231 g/mol. The Kier molecular flexibility index (Phi) is 5.14. The Bertz CT molecular complexity index is 313. The molecule has 15 heavy (non-hydrogen) atoms. The molecule has 0 radical (unpaired) electrons. The van der Waals surface area contributed by atoms with E-state index in [0.29, 0.717) is 11.4 Å². The third kappa shape index (κ3) is 4.80. The minimum absolute atomic E-state index is 0.114. The molecule has 0 aliphatic carbocycles. The van der Waals surface area contributed by atoms with Crippen molar-refractivity contribution in [3.63, 3.8) is 0 Å². The van der Waals surface area contributed by atoms with Crippen LogP contribution in [0, 0.1) is 0 Å². The van der Waals surface area contributed by atoms with Gasteiger partial charge in [0.25, 0.3) is 0 Å². The summed E-state index contributed by atoms with van der Waals surface area (Å²) in [5, 5.41) is 4.70. The van der Waals surface area contributed by atoms with E-state index < -0.39 is 0 Å². The van der Waals surface area contributed by atoms with Gasteiger partial charge in [0.05, 0.1) is 11.2 Å². The molecule has 0 unspecified atom stereocenters. The molecule has 1 aromatic rings. The smallest absolute Gasteiger partial charge is 0.233 e. The van der Waals surface area contributed by atoms with Crippen molar-refractivity contribution in [2.45, 2.75) is 32.2 Å². The highest BCUT2D eigenvalue weighted by Crippen LogP contribution is 2.07. The summed E-state index contributed by atoms with van der Waals surface area (Å²) < 4.78 is 1.80. The number of carbonyl (C=O) groups excluding carboxylic acids is 1. The number of halogens is 1. The second kappa shape index (κ2) is 6.42. The van der Waals surface area contributed by atoms with Crippen LogP contribution in [0.4, 0.5) is 0 Å². The van der Waals surface area contributed by atoms with Crippen LogP contribution in [0.1, 0.15) is 25.7 Å². The van der Waals surface area contributed by atoms with Gasteiger partial charge in [-0.05, 0) is 12.8 Å². The Morgan fingerprint density at radius 2 is 2.33 bits per heavy atom. The predicted molar refractivity (Wildman–Crippen MR) is 58.0 cm³/mol. The van der Waals surface area contributed by atoms with E-state index in [4.69, 9.17) is 17.4 Å². The van der Waals surface area contributed by atoms with Gasteiger partial charge in [-0.3, -0.25) is 14.9 Å². The van der Waals surface area contributed by atoms with Gasteiger partial charge in [-0.2, -0.15) is 5.10 Å². The number of hydrogen-bond acceptors (Lipinski definition) is 3. The lowest BCUT2D eigenvalue weighted by Crippen LogP contribution is -2.29. The van der Waals surface area contributed by atoms with E-state index in [-0.39, 0.29) is 5.91 Å². The normalized spacial score (nSPS) is 10.3. The fourth-order valence-corrected chi connectivity index (χ4v) is 1.43. The zero-order valence-corrected chi connectivity index (χ0v) is 9.20. The number of rotatable bonds is 6. The Balaban J connectivity index is 2.05. The summed E-state index contributed by atoms with van der Waals surface area (Å²) in [5.41, 5.74) is 2.10. The SMILES string of the molecule is NNC(=O)CCCCCn1cc(Cl)cn1. The molecule has 0 fully saturated rings. The third-order valence-corrected chi connectivity index (χ3v) is 2.25. The van der Waals surface area contributed by atoms with Gasteiger partial charge in [0.2, 0.25) is 5.91 Å². The van der Waals surface area contributed by atoms with E-state index in [0.717, 1.165) is 25.8 Å². The maximum atomic E-state index is 10.8. The molecule has 0 aromatic carbocycles. The fraction of sp³-hybridized carbons (Fsp3) is 0.556. The summed E-state index contributed by atoms with van der Waals surface area (Å²) in [6, 6.07) is 0. The molecule has 5 nitrogen and oxygen atoms in total. The molecular weight excluding hydrogens is 216 g/mol. The van der Waals surface area contributed by atoms with Crippen molar-refractivity contribution < 1.29 is 4.79 Å². The zero-order valence-electron chi connectivity index (χ0n) is 8.45. The Morgan fingerprint density at radius 3 is 2.93 bits per heavy atom. The van der Waals surface area contributed by atoms with Gasteiger partial charge in [0.1, 0.15) is 0 Å². The van der Waals surface area contributed by atoms with Crippen LogP contribution in [-0.2, 0) is 11.3 Å². The molecule has 0 bridgehead atoms. The number of nitrogens with two attached hydrogens (primary N) is 1. The van der Waals surface area contributed by atoms with Crippen LogP contribution >= 0.6 is 11.6 Å². The maximum Gasteiger partial charge on any atom is 0.233 e. The number of nitrogens with zero attached hydrogens (tertiary/aromatic N) is 2. The van der Waals surface area contributed by atoms with Gasteiger partial charge >= 0.3 is 0 Å². The van der Waals surface area contributed by atoms with Crippen LogP contribution in [0.3, 0.4) is 0 Å². The van der Waals surface area contributed by atoms with Crippen LogP contribution in [0.15, 0.2) is 12.4 Å². The van der Waals surface area contributed by atoms with E-state index in [2.05, 4.69) is 10.5 Å². The number of aryl methyl sites for hydroxylation is 1. The minimum Gasteiger partial charge on any atom is -0.294 e. The lowest BCUT2D eigenvalue weighted by molar-refractivity contribution is -0.121. The first-order valence-electron chi connectivity index (χ1n) is 4.90. The van der Waals surface area contributed by atoms with E-state index in [1.165, 1.54) is 0 Å². The molecule has 1 heterocycles. The van der Waals surface area contributed by atoms with Crippen LogP contribution in [0.25, 0.3) is 0 Å². The standard InChI is InChI=1S/C9H15ClN4O/c10-8-6-12-14(7-8)5-3-1-2-4-9(15)13-11/h6-7H,1-5,11H2,(H,13,15). The lowest BCUT2D eigenvalue weighted by Gasteiger charge is -2.01. The first kappa shape index (κ1) is 12.0. The number of hydrogen-bond donors (Lipinski definition) is 2. The van der Waals surface area contributed by atoms with Crippen molar-refractivity contribution in [1.82, 2.24) is 15.2 Å². The largest absolute Gasteiger partial charge is 0.294 e. The van der Waals surface area contributed by atoms with Crippen molar-refractivity contribution in [1.29, 1.82) is 0 Å². The highest BCUT2D eigenvalue weighted by Gasteiger charge is 1.98. The van der Waals surface area contributed by atoms with E-state index in [9.17, 15) is 4.79 Å². The molecular formula is C9H15ClN4O. The molecule has 0 spiro atoms. The molecule has 6 heteroatoms. The molecule has 0 aliphatic rings. The van der Waals surface area contributed by atoms with Crippen LogP contribution in [0.5, 0.6) is 0 Å². The summed E-state index contributed by atoms with van der Waals surface area (Å²) in [4.78, 5) is 10.8. The number of aromatic nitrogens is 2. The summed E-state index contributed by atoms with van der Waals surface area (Å²) in [5.74, 6) is 4.84. The molecule has 3 N–H and O–H groups in total. The lowest BCUT2D eigenvalue weighted by atomic mass is 10.2. The Morgan fingerprint density at radius 1 is 1.53 bits per heavy atom. The number of carbonyl (C=O) groups is 1. The average Bonchev–Trinajstić information content (AvgIpc) is 2.63. The first-order chi connectivity index (χ1) is 7.22. The third-order valence-electron chi connectivity index (χ3n) is 2.05. The van der Waals surface area contributed by atoms with Gasteiger partial charge < -0.3 is 0 Å². The monoisotopic (exact) mass is 230 g/mol. The molecule has 0 aliphatic heterocycles. The van der Waals surface area contributed by atoms with E-state index >= 15 is 0 Å². The molecule has 0 saturated carbocycles. The highest BCUT2D eigenvalue weighted by molar-refractivity contribution is 6.30. The van der Waals surface area contributed by atoms with E-state index in [1.807, 2.05) is 0 Å². The summed E-state index contributed by atoms with van der Waals surface area (Å²) in [6.45, 7) is 0.830. The Labute approximate surface area is 93.6 Å². The molecule has 0 atom stereocenters. The van der Waals surface area contributed by atoms with Crippen LogP contribution < -0.4 is 11.3 Å². The minimum atomic E-state index is -0.114. The van der Waals surface area contributed by atoms with Crippen molar-refractivity contribution >= 4 is 17.5 Å². The zero-order chi connectivity index (χ0) is 11.1. The predicted octanol–water partition coefficient (Wildman–Crippen LogP) is 1.09. The van der Waals surface area contributed by atoms with Crippen molar-refractivity contribution in [3.8, 4) is 0 Å². The Hall–Kier alpha value is -1.07. The van der Waals surface area contributed by atoms with Crippen molar-refractivity contribution in [3.05, 3.63) is 17.4 Å². The highest BCUT2D eigenvalue weighted by atomic mass is 35.5.